The summed E-state index contributed by atoms with van der Waals surface area (Å²) >= 11 is 0. The third kappa shape index (κ3) is 3.57. The first-order valence-corrected chi connectivity index (χ1v) is 6.76. The highest BCUT2D eigenvalue weighted by atomic mass is 16.2. The highest BCUT2D eigenvalue weighted by Crippen LogP contribution is 2.04. The number of carbonyl (C=O) groups excluding carboxylic acids is 1. The van der Waals surface area contributed by atoms with Gasteiger partial charge in [0.25, 0.3) is 0 Å². The van der Waals surface area contributed by atoms with Crippen LogP contribution >= 0.6 is 0 Å². The average molecular weight is 250 g/mol. The summed E-state index contributed by atoms with van der Waals surface area (Å²) in [5.41, 5.74) is 0. The van der Waals surface area contributed by atoms with Gasteiger partial charge in [-0.25, -0.2) is 4.98 Å². The average Bonchev–Trinajstić information content (AvgIpc) is 3.00. The molecule has 1 atom stereocenters. The van der Waals surface area contributed by atoms with Gasteiger partial charge in [0, 0.05) is 25.5 Å². The number of hydrogen-bond acceptors (Lipinski definition) is 3. The molecule has 0 radical (unpaired) electrons. The Labute approximate surface area is 108 Å². The molecule has 1 fully saturated rings. The molecule has 0 aromatic carbocycles. The molecule has 5 nitrogen and oxygen atoms in total. The van der Waals surface area contributed by atoms with Gasteiger partial charge in [0.15, 0.2) is 0 Å². The summed E-state index contributed by atoms with van der Waals surface area (Å²) in [7, 11) is 0. The maximum Gasteiger partial charge on any atom is 0.237 e. The Morgan fingerprint density at radius 1 is 1.61 bits per heavy atom. The summed E-state index contributed by atoms with van der Waals surface area (Å²) in [5, 5.41) is 6.20. The summed E-state index contributed by atoms with van der Waals surface area (Å²) in [4.78, 5) is 15.9. The molecule has 0 spiro atoms. The fourth-order valence-corrected chi connectivity index (χ4v) is 2.29. The SMILES string of the molecule is Cc1nccn1CCCCNC(=O)[C@@H]1CCCN1. The van der Waals surface area contributed by atoms with E-state index in [0.717, 1.165) is 51.1 Å². The Morgan fingerprint density at radius 3 is 3.17 bits per heavy atom. The van der Waals surface area contributed by atoms with Gasteiger partial charge in [-0.15, -0.1) is 0 Å². The lowest BCUT2D eigenvalue weighted by molar-refractivity contribution is -0.122. The van der Waals surface area contributed by atoms with E-state index in [1.165, 1.54) is 0 Å². The summed E-state index contributed by atoms with van der Waals surface area (Å²) in [6, 6.07) is 0.0425. The molecule has 0 aliphatic carbocycles. The fraction of sp³-hybridized carbons (Fsp3) is 0.692. The molecule has 1 amide bonds. The van der Waals surface area contributed by atoms with E-state index in [1.54, 1.807) is 0 Å². The number of aromatic nitrogens is 2. The van der Waals surface area contributed by atoms with Gasteiger partial charge >= 0.3 is 0 Å². The first kappa shape index (κ1) is 13.1. The summed E-state index contributed by atoms with van der Waals surface area (Å²) in [6.45, 7) is 4.72. The maximum atomic E-state index is 11.7. The Kier molecular flexibility index (Phi) is 4.75. The van der Waals surface area contributed by atoms with Gasteiger partial charge in [0.2, 0.25) is 5.91 Å². The van der Waals surface area contributed by atoms with Gasteiger partial charge in [-0.3, -0.25) is 4.79 Å². The number of nitrogens with zero attached hydrogens (tertiary/aromatic N) is 2. The number of unbranched alkanes of at least 4 members (excludes halogenated alkanes) is 1. The van der Waals surface area contributed by atoms with Crippen LogP contribution in [0.1, 0.15) is 31.5 Å². The van der Waals surface area contributed by atoms with Crippen molar-refractivity contribution in [3.8, 4) is 0 Å². The van der Waals surface area contributed by atoms with Crippen molar-refractivity contribution < 1.29 is 4.79 Å². The molecule has 0 saturated carbocycles. The standard InChI is InChI=1S/C13H22N4O/c1-11-14-8-10-17(11)9-3-2-6-16-13(18)12-5-4-7-15-12/h8,10,12,15H,2-7,9H2,1H3,(H,16,18)/t12-/m0/s1. The van der Waals surface area contributed by atoms with Crippen molar-refractivity contribution in [1.29, 1.82) is 0 Å². The number of carbonyl (C=O) groups is 1. The van der Waals surface area contributed by atoms with Crippen molar-refractivity contribution in [2.75, 3.05) is 13.1 Å². The Bertz CT molecular complexity index is 382. The zero-order chi connectivity index (χ0) is 12.8. The van der Waals surface area contributed by atoms with E-state index in [-0.39, 0.29) is 11.9 Å². The third-order valence-corrected chi connectivity index (χ3v) is 3.43. The van der Waals surface area contributed by atoms with Crippen LogP contribution in [0.3, 0.4) is 0 Å². The highest BCUT2D eigenvalue weighted by molar-refractivity contribution is 5.81. The van der Waals surface area contributed by atoms with E-state index in [2.05, 4.69) is 20.2 Å². The first-order valence-electron chi connectivity index (χ1n) is 6.76. The Morgan fingerprint density at radius 2 is 2.50 bits per heavy atom. The predicted molar refractivity (Wildman–Crippen MR) is 70.2 cm³/mol. The molecular weight excluding hydrogens is 228 g/mol. The van der Waals surface area contributed by atoms with E-state index < -0.39 is 0 Å². The molecule has 1 saturated heterocycles. The number of imidazole rings is 1. The van der Waals surface area contributed by atoms with Gasteiger partial charge in [-0.2, -0.15) is 0 Å². The van der Waals surface area contributed by atoms with E-state index in [9.17, 15) is 4.79 Å². The van der Waals surface area contributed by atoms with E-state index >= 15 is 0 Å². The van der Waals surface area contributed by atoms with Crippen molar-refractivity contribution >= 4 is 5.91 Å². The van der Waals surface area contributed by atoms with Crippen molar-refractivity contribution in [2.45, 2.75) is 45.2 Å². The lowest BCUT2D eigenvalue weighted by Gasteiger charge is -2.11. The molecule has 100 valence electrons. The van der Waals surface area contributed by atoms with Crippen molar-refractivity contribution in [2.24, 2.45) is 0 Å². The number of aryl methyl sites for hydroxylation is 2. The molecule has 0 bridgehead atoms. The molecule has 0 unspecified atom stereocenters. The smallest absolute Gasteiger partial charge is 0.237 e. The minimum atomic E-state index is 0.0425. The molecule has 2 rings (SSSR count). The summed E-state index contributed by atoms with van der Waals surface area (Å²) < 4.78 is 2.14. The van der Waals surface area contributed by atoms with Crippen LogP contribution in [-0.2, 0) is 11.3 Å². The van der Waals surface area contributed by atoms with Gasteiger partial charge in [-0.05, 0) is 39.2 Å². The predicted octanol–water partition coefficient (Wildman–Crippen LogP) is 0.840. The van der Waals surface area contributed by atoms with Gasteiger partial charge in [0.05, 0.1) is 6.04 Å². The van der Waals surface area contributed by atoms with Crippen LogP contribution in [0.2, 0.25) is 0 Å². The molecular formula is C13H22N4O. The number of rotatable bonds is 6. The lowest BCUT2D eigenvalue weighted by atomic mass is 10.2. The highest BCUT2D eigenvalue weighted by Gasteiger charge is 2.20. The third-order valence-electron chi connectivity index (χ3n) is 3.43. The van der Waals surface area contributed by atoms with Crippen LogP contribution in [0.15, 0.2) is 12.4 Å². The second-order valence-corrected chi connectivity index (χ2v) is 4.81. The molecule has 5 heteroatoms. The van der Waals surface area contributed by atoms with Crippen molar-refractivity contribution in [3.05, 3.63) is 18.2 Å². The second kappa shape index (κ2) is 6.54. The van der Waals surface area contributed by atoms with Crippen molar-refractivity contribution in [3.63, 3.8) is 0 Å². The summed E-state index contributed by atoms with van der Waals surface area (Å²) in [5.74, 6) is 1.21. The van der Waals surface area contributed by atoms with E-state index in [4.69, 9.17) is 0 Å². The van der Waals surface area contributed by atoms with Crippen LogP contribution in [-0.4, -0.2) is 34.6 Å². The summed E-state index contributed by atoms with van der Waals surface area (Å²) in [6.07, 6.45) is 7.98. The molecule has 2 N–H and O–H groups in total. The maximum absolute atomic E-state index is 11.7. The van der Waals surface area contributed by atoms with Gasteiger partial charge < -0.3 is 15.2 Å². The monoisotopic (exact) mass is 250 g/mol. The van der Waals surface area contributed by atoms with Crippen LogP contribution in [0, 0.1) is 6.92 Å². The number of hydrogen-bond donors (Lipinski definition) is 2. The van der Waals surface area contributed by atoms with Crippen LogP contribution < -0.4 is 10.6 Å². The second-order valence-electron chi connectivity index (χ2n) is 4.81. The largest absolute Gasteiger partial charge is 0.355 e. The topological polar surface area (TPSA) is 59.0 Å². The molecule has 18 heavy (non-hydrogen) atoms. The quantitative estimate of drug-likeness (QED) is 0.736. The minimum Gasteiger partial charge on any atom is -0.355 e. The van der Waals surface area contributed by atoms with Gasteiger partial charge in [0.1, 0.15) is 5.82 Å². The van der Waals surface area contributed by atoms with Crippen LogP contribution in [0.4, 0.5) is 0 Å². The Hall–Kier alpha value is -1.36. The number of nitrogens with one attached hydrogen (secondary N) is 2. The van der Waals surface area contributed by atoms with Crippen molar-refractivity contribution in [1.82, 2.24) is 20.2 Å². The van der Waals surface area contributed by atoms with Crippen LogP contribution in [0.5, 0.6) is 0 Å². The van der Waals surface area contributed by atoms with Crippen LogP contribution in [0.25, 0.3) is 0 Å². The van der Waals surface area contributed by atoms with E-state index in [0.29, 0.717) is 0 Å². The Balaban J connectivity index is 1.56. The zero-order valence-corrected chi connectivity index (χ0v) is 11.0. The fourth-order valence-electron chi connectivity index (χ4n) is 2.29. The first-order chi connectivity index (χ1) is 8.77. The normalized spacial score (nSPS) is 19.1. The molecule has 1 aromatic rings. The molecule has 1 aliphatic heterocycles. The zero-order valence-electron chi connectivity index (χ0n) is 11.0. The lowest BCUT2D eigenvalue weighted by Crippen LogP contribution is -2.40. The molecule has 2 heterocycles. The number of amides is 1. The molecule has 1 aromatic heterocycles. The van der Waals surface area contributed by atoms with E-state index in [1.807, 2.05) is 19.3 Å². The minimum absolute atomic E-state index is 0.0425. The van der Waals surface area contributed by atoms with Gasteiger partial charge in [-0.1, -0.05) is 0 Å². The molecule has 1 aliphatic rings.